The van der Waals surface area contributed by atoms with Crippen molar-refractivity contribution in [3.8, 4) is 11.3 Å². The highest BCUT2D eigenvalue weighted by atomic mass is 15.1. The molecule has 1 unspecified atom stereocenters. The summed E-state index contributed by atoms with van der Waals surface area (Å²) in [6.45, 7) is 21.6. The fourth-order valence-corrected chi connectivity index (χ4v) is 9.41. The molecule has 1 nitrogen and oxygen atoms in total. The fraction of sp³-hybridized carbons (Fsp3) is 0.465. The number of hydrogen-bond donors (Lipinski definition) is 0. The molecule has 1 spiro atoms. The van der Waals surface area contributed by atoms with E-state index in [4.69, 9.17) is 0 Å². The Morgan fingerprint density at radius 1 is 0.818 bits per heavy atom. The van der Waals surface area contributed by atoms with Crippen LogP contribution in [0.4, 0.5) is 0 Å². The van der Waals surface area contributed by atoms with Gasteiger partial charge in [-0.3, -0.25) is 0 Å². The molecule has 7 rings (SSSR count). The quantitative estimate of drug-likeness (QED) is 0.191. The molecule has 3 aromatic carbocycles. The van der Waals surface area contributed by atoms with Gasteiger partial charge in [0.2, 0.25) is 11.2 Å². The summed E-state index contributed by atoms with van der Waals surface area (Å²) in [6.07, 6.45) is 14.8. The Hall–Kier alpha value is -3.19. The minimum atomic E-state index is -0.204. The fourth-order valence-electron chi connectivity index (χ4n) is 9.41. The smallest absolute Gasteiger partial charge is 0.183 e. The molecule has 3 aliphatic rings. The Bertz CT molecular complexity index is 1870. The first-order valence-corrected chi connectivity index (χ1v) is 17.5. The van der Waals surface area contributed by atoms with E-state index in [0.29, 0.717) is 11.8 Å². The summed E-state index contributed by atoms with van der Waals surface area (Å²) in [4.78, 5) is 0. The van der Waals surface area contributed by atoms with E-state index < -0.39 is 0 Å². The summed E-state index contributed by atoms with van der Waals surface area (Å²) in [6, 6.07) is 19.3. The van der Waals surface area contributed by atoms with Crippen LogP contribution in [0.15, 0.2) is 78.0 Å². The first-order chi connectivity index (χ1) is 21.0. The van der Waals surface area contributed by atoms with E-state index in [0.717, 1.165) is 12.8 Å². The summed E-state index contributed by atoms with van der Waals surface area (Å²) in [5, 5.41) is 5.66. The van der Waals surface area contributed by atoms with Crippen molar-refractivity contribution >= 4 is 21.5 Å². The van der Waals surface area contributed by atoms with Crippen molar-refractivity contribution in [2.45, 2.75) is 112 Å². The van der Waals surface area contributed by atoms with Gasteiger partial charge in [0.15, 0.2) is 6.20 Å². The molecular formula is C43H52N+. The molecule has 0 radical (unpaired) electrons. The molecule has 0 fully saturated rings. The number of hydrogen-bond acceptors (Lipinski definition) is 0. The van der Waals surface area contributed by atoms with E-state index in [1.54, 1.807) is 11.1 Å². The van der Waals surface area contributed by atoms with Gasteiger partial charge in [0, 0.05) is 33.7 Å². The summed E-state index contributed by atoms with van der Waals surface area (Å²) in [5.74, 6) is 1.21. The first kappa shape index (κ1) is 29.5. The zero-order valence-corrected chi connectivity index (χ0v) is 28.7. The minimum absolute atomic E-state index is 0.113. The third-order valence-electron chi connectivity index (χ3n) is 11.5. The molecule has 2 heterocycles. The van der Waals surface area contributed by atoms with Crippen LogP contribution in [0, 0.1) is 17.3 Å². The van der Waals surface area contributed by atoms with Crippen LogP contribution in [0.1, 0.15) is 117 Å². The Labute approximate surface area is 266 Å². The molecule has 0 N–H and O–H groups in total. The maximum Gasteiger partial charge on any atom is 0.219 e. The maximum absolute atomic E-state index is 2.77. The maximum atomic E-state index is 2.77. The lowest BCUT2D eigenvalue weighted by Crippen LogP contribution is -2.55. The van der Waals surface area contributed by atoms with Crippen molar-refractivity contribution in [2.75, 3.05) is 0 Å². The summed E-state index contributed by atoms with van der Waals surface area (Å²) in [5.41, 5.74) is 12.1. The molecule has 1 aliphatic heterocycles. The predicted molar refractivity (Wildman–Crippen MR) is 188 cm³/mol. The number of nitrogens with zero attached hydrogens (tertiary/aromatic N) is 1. The third kappa shape index (κ3) is 4.14. The molecule has 228 valence electrons. The van der Waals surface area contributed by atoms with E-state index in [9.17, 15) is 0 Å². The Kier molecular flexibility index (Phi) is 6.82. The van der Waals surface area contributed by atoms with Crippen LogP contribution >= 0.6 is 0 Å². The highest BCUT2D eigenvalue weighted by Crippen LogP contribution is 2.57. The van der Waals surface area contributed by atoms with Crippen molar-refractivity contribution in [3.63, 3.8) is 0 Å². The summed E-state index contributed by atoms with van der Waals surface area (Å²) < 4.78 is 2.77. The van der Waals surface area contributed by atoms with Gasteiger partial charge in [-0.05, 0) is 89.0 Å². The van der Waals surface area contributed by atoms with Crippen molar-refractivity contribution < 1.29 is 4.57 Å². The van der Waals surface area contributed by atoms with Gasteiger partial charge < -0.3 is 0 Å². The lowest BCUT2D eigenvalue weighted by molar-refractivity contribution is -0.726. The molecule has 0 saturated carbocycles. The van der Waals surface area contributed by atoms with Crippen LogP contribution in [0.25, 0.3) is 32.8 Å². The predicted octanol–water partition coefficient (Wildman–Crippen LogP) is 11.4. The van der Waals surface area contributed by atoms with Crippen LogP contribution in [0.3, 0.4) is 0 Å². The van der Waals surface area contributed by atoms with Crippen LogP contribution < -0.4 is 4.57 Å². The first-order valence-electron chi connectivity index (χ1n) is 17.5. The van der Waals surface area contributed by atoms with E-state index in [-0.39, 0.29) is 16.4 Å². The standard InChI is InChI=1S/C43H52N/c1-10-28(11-2)32-22-33(29(12-3)13-4)25-43(24-32)36-20-19-30-15-14-16-35-37(30)38(36)40-39(42(35,8)9)34-21-27(23-41(5,6)7)17-18-31(34)26-44(40)43/h14-22,24,26,28-29H,10-13,23,25H2,1-9H3/q+1. The van der Waals surface area contributed by atoms with Crippen LogP contribution in [-0.2, 0) is 17.4 Å². The van der Waals surface area contributed by atoms with Crippen molar-refractivity contribution in [2.24, 2.45) is 17.3 Å². The second-order valence-corrected chi connectivity index (χ2v) is 15.9. The van der Waals surface area contributed by atoms with Crippen molar-refractivity contribution in [1.82, 2.24) is 0 Å². The SMILES string of the molecule is CCC(CC)C1=CC2(CC(C(CC)CC)=C1)c1ccc3cccc4c3c1-c1c(c3cc(CC(C)(C)C)ccc3c[n+]12)C4(C)C. The normalized spacial score (nSPS) is 19.9. The highest BCUT2D eigenvalue weighted by Gasteiger charge is 2.57. The zero-order valence-electron chi connectivity index (χ0n) is 28.7. The average Bonchev–Trinajstić information content (AvgIpc) is 3.23. The molecule has 44 heavy (non-hydrogen) atoms. The van der Waals surface area contributed by atoms with Gasteiger partial charge in [0.25, 0.3) is 0 Å². The molecule has 0 bridgehead atoms. The largest absolute Gasteiger partial charge is 0.219 e. The van der Waals surface area contributed by atoms with E-state index in [1.807, 2.05) is 0 Å². The number of aromatic nitrogens is 1. The van der Waals surface area contributed by atoms with E-state index in [2.05, 4.69) is 134 Å². The van der Waals surface area contributed by atoms with Crippen LogP contribution in [-0.4, -0.2) is 0 Å². The van der Waals surface area contributed by atoms with Gasteiger partial charge in [-0.25, -0.2) is 0 Å². The van der Waals surface area contributed by atoms with Gasteiger partial charge in [-0.2, -0.15) is 4.57 Å². The van der Waals surface area contributed by atoms with E-state index >= 15 is 0 Å². The van der Waals surface area contributed by atoms with E-state index in [1.165, 1.54) is 80.7 Å². The molecule has 1 heteroatoms. The number of fused-ring (bicyclic) bond motifs is 4. The second-order valence-electron chi connectivity index (χ2n) is 15.9. The number of rotatable bonds is 7. The van der Waals surface area contributed by atoms with Crippen molar-refractivity contribution in [3.05, 3.63) is 100 Å². The van der Waals surface area contributed by atoms with Gasteiger partial charge >= 0.3 is 0 Å². The van der Waals surface area contributed by atoms with Gasteiger partial charge in [0.1, 0.15) is 0 Å². The van der Waals surface area contributed by atoms with Crippen LogP contribution in [0.2, 0.25) is 0 Å². The molecule has 1 aromatic heterocycles. The molecule has 0 amide bonds. The lowest BCUT2D eigenvalue weighted by atomic mass is 9.67. The number of pyridine rings is 1. The average molecular weight is 583 g/mol. The monoisotopic (exact) mass is 582 g/mol. The lowest BCUT2D eigenvalue weighted by Gasteiger charge is -2.34. The molecule has 0 saturated heterocycles. The zero-order chi connectivity index (χ0) is 31.2. The second kappa shape index (κ2) is 10.2. The van der Waals surface area contributed by atoms with Gasteiger partial charge in [-0.1, -0.05) is 116 Å². The van der Waals surface area contributed by atoms with Gasteiger partial charge in [-0.15, -0.1) is 0 Å². The Morgan fingerprint density at radius 3 is 2.20 bits per heavy atom. The third-order valence-corrected chi connectivity index (χ3v) is 11.5. The number of benzene rings is 3. The van der Waals surface area contributed by atoms with Crippen LogP contribution in [0.5, 0.6) is 0 Å². The summed E-state index contributed by atoms with van der Waals surface area (Å²) in [7, 11) is 0. The number of allylic oxidation sites excluding steroid dienone is 4. The highest BCUT2D eigenvalue weighted by molar-refractivity contribution is 6.07. The molecular weight excluding hydrogens is 530 g/mol. The Balaban J connectivity index is 1.63. The minimum Gasteiger partial charge on any atom is -0.183 e. The molecule has 1 atom stereocenters. The van der Waals surface area contributed by atoms with Crippen molar-refractivity contribution in [1.29, 1.82) is 0 Å². The Morgan fingerprint density at radius 2 is 1.52 bits per heavy atom. The topological polar surface area (TPSA) is 3.88 Å². The molecule has 2 aliphatic carbocycles. The van der Waals surface area contributed by atoms with Gasteiger partial charge in [0.05, 0.1) is 5.56 Å². The summed E-state index contributed by atoms with van der Waals surface area (Å²) >= 11 is 0. The molecule has 4 aromatic rings.